The molecular formula is C7H9Cl2NO. The summed E-state index contributed by atoms with van der Waals surface area (Å²) in [6, 6.07) is 0.00193. The molecule has 0 bridgehead atoms. The van der Waals surface area contributed by atoms with Crippen molar-refractivity contribution in [2.24, 2.45) is 11.8 Å². The molecule has 0 spiro atoms. The third kappa shape index (κ3) is 0.960. The number of nitrogens with one attached hydrogen (secondary N) is 1. The number of carbonyl (C=O) groups is 1. The van der Waals surface area contributed by atoms with Crippen LogP contribution in [0.5, 0.6) is 0 Å². The number of fused-ring (bicyclic) bond motifs is 1. The molecule has 1 N–H and O–H groups in total. The van der Waals surface area contributed by atoms with E-state index in [-0.39, 0.29) is 17.9 Å². The average molecular weight is 194 g/mol. The molecule has 1 heterocycles. The van der Waals surface area contributed by atoms with Gasteiger partial charge in [-0.3, -0.25) is 4.79 Å². The van der Waals surface area contributed by atoms with Crippen LogP contribution in [0.4, 0.5) is 0 Å². The molecule has 1 aliphatic heterocycles. The van der Waals surface area contributed by atoms with Crippen molar-refractivity contribution in [1.29, 1.82) is 0 Å². The van der Waals surface area contributed by atoms with E-state index in [4.69, 9.17) is 23.2 Å². The molecule has 2 nitrogen and oxygen atoms in total. The van der Waals surface area contributed by atoms with Crippen molar-refractivity contribution >= 4 is 29.1 Å². The second-order valence-electron chi connectivity index (χ2n) is 3.43. The molecule has 0 radical (unpaired) electrons. The third-order valence-corrected chi connectivity index (χ3v) is 3.52. The topological polar surface area (TPSA) is 29.1 Å². The highest BCUT2D eigenvalue weighted by Gasteiger charge is 2.67. The van der Waals surface area contributed by atoms with Crippen LogP contribution in [0.15, 0.2) is 0 Å². The number of hydrogen-bond donors (Lipinski definition) is 1. The second kappa shape index (κ2) is 2.05. The van der Waals surface area contributed by atoms with Crippen LogP contribution >= 0.6 is 23.2 Å². The van der Waals surface area contributed by atoms with Crippen molar-refractivity contribution in [2.45, 2.75) is 23.7 Å². The Balaban J connectivity index is 2.17. The van der Waals surface area contributed by atoms with Gasteiger partial charge in [0.25, 0.3) is 0 Å². The van der Waals surface area contributed by atoms with Crippen LogP contribution in [0.25, 0.3) is 0 Å². The Bertz CT molecular complexity index is 216. The lowest BCUT2D eigenvalue weighted by Gasteiger charge is -2.15. The highest BCUT2D eigenvalue weighted by molar-refractivity contribution is 6.52. The van der Waals surface area contributed by atoms with Gasteiger partial charge >= 0.3 is 0 Å². The summed E-state index contributed by atoms with van der Waals surface area (Å²) in [5, 5.41) is 2.77. The highest BCUT2D eigenvalue weighted by atomic mass is 35.5. The summed E-state index contributed by atoms with van der Waals surface area (Å²) < 4.78 is -0.689. The Morgan fingerprint density at radius 1 is 1.64 bits per heavy atom. The summed E-state index contributed by atoms with van der Waals surface area (Å²) >= 11 is 11.8. The zero-order chi connectivity index (χ0) is 8.22. The summed E-state index contributed by atoms with van der Waals surface area (Å²) in [7, 11) is 0. The SMILES string of the molecule is CC1CC(=O)NC2C1C2(Cl)Cl. The maximum Gasteiger partial charge on any atom is 0.220 e. The number of piperidine rings is 1. The molecule has 1 saturated heterocycles. The zero-order valence-electron chi connectivity index (χ0n) is 6.10. The lowest BCUT2D eigenvalue weighted by atomic mass is 9.99. The summed E-state index contributed by atoms with van der Waals surface area (Å²) in [4.78, 5) is 11.0. The van der Waals surface area contributed by atoms with Gasteiger partial charge in [-0.05, 0) is 5.92 Å². The van der Waals surface area contributed by atoms with Gasteiger partial charge in [0.15, 0.2) is 0 Å². The molecule has 0 aromatic heterocycles. The van der Waals surface area contributed by atoms with Crippen LogP contribution in [0, 0.1) is 11.8 Å². The highest BCUT2D eigenvalue weighted by Crippen LogP contribution is 2.59. The maximum atomic E-state index is 11.0. The molecule has 2 aliphatic rings. The summed E-state index contributed by atoms with van der Waals surface area (Å²) in [6.07, 6.45) is 0.558. The molecule has 4 heteroatoms. The summed E-state index contributed by atoms with van der Waals surface area (Å²) in [5.41, 5.74) is 0. The van der Waals surface area contributed by atoms with Crippen molar-refractivity contribution in [1.82, 2.24) is 5.32 Å². The molecule has 1 amide bonds. The standard InChI is InChI=1S/C7H9Cl2NO/c1-3-2-4(11)10-6-5(3)7(6,8)9/h3,5-6H,2H2,1H3,(H,10,11). The van der Waals surface area contributed by atoms with Gasteiger partial charge in [0, 0.05) is 12.3 Å². The van der Waals surface area contributed by atoms with Gasteiger partial charge in [-0.2, -0.15) is 0 Å². The fourth-order valence-corrected chi connectivity index (χ4v) is 2.83. The Hall–Kier alpha value is 0.0500. The van der Waals surface area contributed by atoms with E-state index >= 15 is 0 Å². The number of halogens is 2. The summed E-state index contributed by atoms with van der Waals surface area (Å²) in [5.74, 6) is 0.661. The minimum Gasteiger partial charge on any atom is -0.350 e. The Kier molecular flexibility index (Phi) is 1.43. The number of alkyl halides is 2. The Morgan fingerprint density at radius 3 is 2.82 bits per heavy atom. The normalized spacial score (nSPS) is 46.1. The number of carbonyl (C=O) groups excluding carboxylic acids is 1. The van der Waals surface area contributed by atoms with Crippen LogP contribution in [0.1, 0.15) is 13.3 Å². The second-order valence-corrected chi connectivity index (χ2v) is 4.87. The van der Waals surface area contributed by atoms with Crippen LogP contribution < -0.4 is 5.32 Å². The first kappa shape index (κ1) is 7.69. The average Bonchev–Trinajstić information content (AvgIpc) is 2.34. The molecule has 11 heavy (non-hydrogen) atoms. The minimum atomic E-state index is -0.689. The monoisotopic (exact) mass is 193 g/mol. The van der Waals surface area contributed by atoms with Gasteiger partial charge in [-0.25, -0.2) is 0 Å². The summed E-state index contributed by atoms with van der Waals surface area (Å²) in [6.45, 7) is 2.02. The zero-order valence-corrected chi connectivity index (χ0v) is 7.62. The first-order valence-electron chi connectivity index (χ1n) is 3.70. The fraction of sp³-hybridized carbons (Fsp3) is 0.857. The number of hydrogen-bond acceptors (Lipinski definition) is 1. The van der Waals surface area contributed by atoms with Crippen LogP contribution in [0.3, 0.4) is 0 Å². The van der Waals surface area contributed by atoms with Crippen molar-refractivity contribution in [3.05, 3.63) is 0 Å². The smallest absolute Gasteiger partial charge is 0.220 e. The van der Waals surface area contributed by atoms with E-state index in [2.05, 4.69) is 5.32 Å². The first-order valence-corrected chi connectivity index (χ1v) is 4.46. The van der Waals surface area contributed by atoms with Crippen molar-refractivity contribution in [2.75, 3.05) is 0 Å². The van der Waals surface area contributed by atoms with Gasteiger partial charge in [0.2, 0.25) is 5.91 Å². The molecule has 1 saturated carbocycles. The van der Waals surface area contributed by atoms with Gasteiger partial charge in [0.05, 0.1) is 6.04 Å². The molecule has 1 aliphatic carbocycles. The van der Waals surface area contributed by atoms with Crippen LogP contribution in [-0.2, 0) is 4.79 Å². The number of rotatable bonds is 0. The third-order valence-electron chi connectivity index (χ3n) is 2.55. The van der Waals surface area contributed by atoms with Crippen molar-refractivity contribution in [3.63, 3.8) is 0 Å². The van der Waals surface area contributed by atoms with E-state index in [1.165, 1.54) is 0 Å². The maximum absolute atomic E-state index is 11.0. The largest absolute Gasteiger partial charge is 0.350 e. The fourth-order valence-electron chi connectivity index (χ4n) is 1.90. The van der Waals surface area contributed by atoms with Gasteiger partial charge < -0.3 is 5.32 Å². The molecule has 0 aromatic carbocycles. The van der Waals surface area contributed by atoms with Gasteiger partial charge in [-0.15, -0.1) is 0 Å². The van der Waals surface area contributed by atoms with Crippen molar-refractivity contribution in [3.8, 4) is 0 Å². The predicted octanol–water partition coefficient (Wildman–Crippen LogP) is 1.31. The molecule has 3 atom stereocenters. The van der Waals surface area contributed by atoms with E-state index in [0.717, 1.165) is 0 Å². The van der Waals surface area contributed by atoms with Crippen LogP contribution in [0.2, 0.25) is 0 Å². The Morgan fingerprint density at radius 2 is 2.27 bits per heavy atom. The Labute approximate surface area is 75.2 Å². The first-order chi connectivity index (χ1) is 5.03. The van der Waals surface area contributed by atoms with E-state index < -0.39 is 4.33 Å². The number of amides is 1. The van der Waals surface area contributed by atoms with E-state index in [1.54, 1.807) is 0 Å². The molecule has 2 rings (SSSR count). The lowest BCUT2D eigenvalue weighted by molar-refractivity contribution is -0.123. The molecule has 62 valence electrons. The van der Waals surface area contributed by atoms with E-state index in [1.807, 2.05) is 6.92 Å². The quantitative estimate of drug-likeness (QED) is 0.579. The van der Waals surface area contributed by atoms with Gasteiger partial charge in [0.1, 0.15) is 4.33 Å². The lowest BCUT2D eigenvalue weighted by Crippen LogP contribution is -2.34. The van der Waals surface area contributed by atoms with E-state index in [9.17, 15) is 4.79 Å². The predicted molar refractivity (Wildman–Crippen MR) is 43.6 cm³/mol. The molecule has 3 unspecified atom stereocenters. The molecule has 0 aromatic rings. The van der Waals surface area contributed by atoms with Crippen molar-refractivity contribution < 1.29 is 4.79 Å². The minimum absolute atomic E-state index is 0.00193. The van der Waals surface area contributed by atoms with Crippen LogP contribution in [-0.4, -0.2) is 16.3 Å². The molecular weight excluding hydrogens is 185 g/mol. The van der Waals surface area contributed by atoms with Gasteiger partial charge in [-0.1, -0.05) is 30.1 Å². The molecule has 2 fully saturated rings. The van der Waals surface area contributed by atoms with E-state index in [0.29, 0.717) is 12.3 Å².